The lowest BCUT2D eigenvalue weighted by molar-refractivity contribution is -0.111. The number of nitrogens with one attached hydrogen (secondary N) is 1. The number of aliphatic hydroxyl groups is 1. The number of aliphatic hydroxyl groups excluding tert-OH is 1. The Bertz CT molecular complexity index is 1080. The van der Waals surface area contributed by atoms with E-state index in [2.05, 4.69) is 47.9 Å². The van der Waals surface area contributed by atoms with Gasteiger partial charge in [-0.3, -0.25) is 10.2 Å². The average molecular weight is 562 g/mol. The van der Waals surface area contributed by atoms with Gasteiger partial charge in [-0.15, -0.1) is 0 Å². The monoisotopic (exact) mass is 561 g/mol. The van der Waals surface area contributed by atoms with E-state index in [1.165, 1.54) is 12.4 Å². The number of aldehydes is 1. The molecule has 194 valence electrons. The van der Waals surface area contributed by atoms with Gasteiger partial charge in [0.2, 0.25) is 0 Å². The SMILES string of the molecule is C[C@@H]1C[C@@H](O)c2ncnc(N3CCN(C(NC4CCOCC4)C(C=O)c4ccc(Br)cc4F)CC3)c21. The smallest absolute Gasteiger partial charge is 0.135 e. The number of hydrogen-bond acceptors (Lipinski definition) is 8. The van der Waals surface area contributed by atoms with Gasteiger partial charge in [0.15, 0.2) is 0 Å². The molecule has 0 spiro atoms. The highest BCUT2D eigenvalue weighted by atomic mass is 79.9. The Balaban J connectivity index is 1.37. The van der Waals surface area contributed by atoms with E-state index in [4.69, 9.17) is 4.74 Å². The van der Waals surface area contributed by atoms with Crippen LogP contribution in [0, 0.1) is 5.82 Å². The normalized spacial score (nSPS) is 24.9. The van der Waals surface area contributed by atoms with Gasteiger partial charge in [0, 0.05) is 61.0 Å². The highest BCUT2D eigenvalue weighted by molar-refractivity contribution is 9.10. The highest BCUT2D eigenvalue weighted by Crippen LogP contribution is 2.43. The minimum atomic E-state index is -0.647. The van der Waals surface area contributed by atoms with Gasteiger partial charge in [-0.05, 0) is 37.3 Å². The van der Waals surface area contributed by atoms with E-state index in [0.29, 0.717) is 55.8 Å². The molecule has 0 radical (unpaired) electrons. The van der Waals surface area contributed by atoms with E-state index in [1.807, 2.05) is 0 Å². The van der Waals surface area contributed by atoms with Crippen molar-refractivity contribution >= 4 is 28.0 Å². The van der Waals surface area contributed by atoms with Crippen molar-refractivity contribution in [3.05, 3.63) is 51.6 Å². The number of hydrogen-bond donors (Lipinski definition) is 2. The fourth-order valence-corrected chi connectivity index (χ4v) is 6.13. The summed E-state index contributed by atoms with van der Waals surface area (Å²) in [4.78, 5) is 25.9. The molecule has 2 aromatic rings. The molecule has 10 heteroatoms. The maximum atomic E-state index is 15.0. The number of nitrogens with zero attached hydrogens (tertiary/aromatic N) is 4. The molecule has 2 aliphatic heterocycles. The summed E-state index contributed by atoms with van der Waals surface area (Å²) in [6.07, 6.45) is 3.92. The Kier molecular flexibility index (Phi) is 7.97. The number of ether oxygens (including phenoxy) is 1. The quantitative estimate of drug-likeness (QED) is 0.498. The van der Waals surface area contributed by atoms with Crippen molar-refractivity contribution in [2.24, 2.45) is 0 Å². The molecule has 2 N–H and O–H groups in total. The lowest BCUT2D eigenvalue weighted by Crippen LogP contribution is -2.59. The lowest BCUT2D eigenvalue weighted by Gasteiger charge is -2.44. The van der Waals surface area contributed by atoms with Crippen LogP contribution in [0.15, 0.2) is 29.0 Å². The molecule has 2 unspecified atom stereocenters. The van der Waals surface area contributed by atoms with Crippen molar-refractivity contribution in [3.63, 3.8) is 0 Å². The van der Waals surface area contributed by atoms with E-state index < -0.39 is 12.0 Å². The van der Waals surface area contributed by atoms with Crippen LogP contribution in [0.3, 0.4) is 0 Å². The molecule has 2 fully saturated rings. The summed E-state index contributed by atoms with van der Waals surface area (Å²) in [6.45, 7) is 6.28. The van der Waals surface area contributed by atoms with Crippen molar-refractivity contribution in [2.45, 2.75) is 56.3 Å². The van der Waals surface area contributed by atoms with Crippen LogP contribution in [0.4, 0.5) is 10.2 Å². The standard InChI is InChI=1S/C26H33BrFN5O3/c1-16-12-22(35)24-23(16)26(30-15-29-24)33-8-6-32(7-9-33)25(31-18-4-10-36-11-5-18)20(14-34)19-3-2-17(27)13-21(19)28/h2-3,13-16,18,20,22,25,31,35H,4-12H2,1H3/t16-,20?,22-,25?/m1/s1. The van der Waals surface area contributed by atoms with Crippen molar-refractivity contribution in [1.82, 2.24) is 20.2 Å². The van der Waals surface area contributed by atoms with Crippen LogP contribution >= 0.6 is 15.9 Å². The molecule has 3 aliphatic rings. The van der Waals surface area contributed by atoms with E-state index in [9.17, 15) is 14.3 Å². The first-order valence-corrected chi connectivity index (χ1v) is 13.5. The van der Waals surface area contributed by atoms with Gasteiger partial charge in [-0.2, -0.15) is 0 Å². The van der Waals surface area contributed by atoms with Crippen molar-refractivity contribution in [1.29, 1.82) is 0 Å². The van der Waals surface area contributed by atoms with Crippen molar-refractivity contribution in [3.8, 4) is 0 Å². The minimum absolute atomic E-state index is 0.201. The average Bonchev–Trinajstić information content (AvgIpc) is 3.19. The Labute approximate surface area is 219 Å². The maximum absolute atomic E-state index is 15.0. The fraction of sp³-hybridized carbons (Fsp3) is 0.577. The first-order chi connectivity index (χ1) is 17.5. The van der Waals surface area contributed by atoms with Crippen LogP contribution in [-0.4, -0.2) is 77.9 Å². The third-order valence-electron chi connectivity index (χ3n) is 7.72. The Hall–Kier alpha value is -1.98. The number of aromatic nitrogens is 2. The van der Waals surface area contributed by atoms with E-state index in [0.717, 1.165) is 36.2 Å². The molecule has 5 rings (SSSR count). The minimum Gasteiger partial charge on any atom is -0.387 e. The van der Waals surface area contributed by atoms with E-state index in [-0.39, 0.29) is 23.9 Å². The number of fused-ring (bicyclic) bond motifs is 1. The highest BCUT2D eigenvalue weighted by Gasteiger charge is 2.37. The lowest BCUT2D eigenvalue weighted by atomic mass is 9.94. The zero-order valence-corrected chi connectivity index (χ0v) is 22.0. The predicted molar refractivity (Wildman–Crippen MR) is 137 cm³/mol. The van der Waals surface area contributed by atoms with Crippen molar-refractivity contribution in [2.75, 3.05) is 44.3 Å². The predicted octanol–water partition coefficient (Wildman–Crippen LogP) is 3.12. The van der Waals surface area contributed by atoms with Gasteiger partial charge in [0.05, 0.1) is 23.9 Å². The number of rotatable bonds is 7. The molecule has 1 aromatic carbocycles. The molecule has 1 aromatic heterocycles. The van der Waals surface area contributed by atoms with Crippen molar-refractivity contribution < 1.29 is 19.0 Å². The number of halogens is 2. The first-order valence-electron chi connectivity index (χ1n) is 12.7. The van der Waals surface area contributed by atoms with Crippen LogP contribution in [0.1, 0.15) is 60.9 Å². The van der Waals surface area contributed by atoms with Crippen LogP contribution in [-0.2, 0) is 9.53 Å². The summed E-state index contributed by atoms with van der Waals surface area (Å²) in [5.74, 6) is 0.0597. The summed E-state index contributed by atoms with van der Waals surface area (Å²) in [6, 6.07) is 5.10. The van der Waals surface area contributed by atoms with Gasteiger partial charge in [-0.1, -0.05) is 28.9 Å². The second kappa shape index (κ2) is 11.2. The molecular formula is C26H33BrFN5O3. The summed E-state index contributed by atoms with van der Waals surface area (Å²) < 4.78 is 21.1. The topological polar surface area (TPSA) is 90.8 Å². The van der Waals surface area contributed by atoms with Gasteiger partial charge in [-0.25, -0.2) is 14.4 Å². The Morgan fingerprint density at radius 1 is 1.22 bits per heavy atom. The van der Waals surface area contributed by atoms with Gasteiger partial charge in [0.1, 0.15) is 24.2 Å². The van der Waals surface area contributed by atoms with Gasteiger partial charge in [0.25, 0.3) is 0 Å². The molecule has 36 heavy (non-hydrogen) atoms. The van der Waals surface area contributed by atoms with Crippen LogP contribution in [0.2, 0.25) is 0 Å². The molecular weight excluding hydrogens is 529 g/mol. The molecule has 4 atom stereocenters. The summed E-state index contributed by atoms with van der Waals surface area (Å²) in [5.41, 5.74) is 2.18. The van der Waals surface area contributed by atoms with Crippen LogP contribution in [0.25, 0.3) is 0 Å². The van der Waals surface area contributed by atoms with Crippen LogP contribution < -0.4 is 10.2 Å². The third kappa shape index (κ3) is 5.19. The van der Waals surface area contributed by atoms with Crippen LogP contribution in [0.5, 0.6) is 0 Å². The second-order valence-corrected chi connectivity index (χ2v) is 10.9. The summed E-state index contributed by atoms with van der Waals surface area (Å²) in [5, 5.41) is 14.1. The molecule has 2 saturated heterocycles. The second-order valence-electron chi connectivity index (χ2n) is 10.00. The summed E-state index contributed by atoms with van der Waals surface area (Å²) in [7, 11) is 0. The Morgan fingerprint density at radius 3 is 2.67 bits per heavy atom. The largest absolute Gasteiger partial charge is 0.387 e. The van der Waals surface area contributed by atoms with E-state index >= 15 is 0 Å². The number of anilines is 1. The number of carbonyl (C=O) groups is 1. The zero-order chi connectivity index (χ0) is 25.2. The first kappa shape index (κ1) is 25.7. The molecule has 0 bridgehead atoms. The van der Waals surface area contributed by atoms with Gasteiger partial charge < -0.3 is 19.5 Å². The fourth-order valence-electron chi connectivity index (χ4n) is 5.80. The third-order valence-corrected chi connectivity index (χ3v) is 8.22. The summed E-state index contributed by atoms with van der Waals surface area (Å²) >= 11 is 3.32. The zero-order valence-electron chi connectivity index (χ0n) is 20.4. The number of carbonyl (C=O) groups excluding carboxylic acids is 1. The van der Waals surface area contributed by atoms with E-state index in [1.54, 1.807) is 12.1 Å². The number of piperazine rings is 1. The Morgan fingerprint density at radius 2 is 1.97 bits per heavy atom. The molecule has 1 aliphatic carbocycles. The molecule has 8 nitrogen and oxygen atoms in total. The molecule has 0 saturated carbocycles. The maximum Gasteiger partial charge on any atom is 0.135 e. The molecule has 0 amide bonds. The molecule has 3 heterocycles. The van der Waals surface area contributed by atoms with Gasteiger partial charge >= 0.3 is 0 Å². The number of benzene rings is 1.